The summed E-state index contributed by atoms with van der Waals surface area (Å²) in [5, 5.41) is 9.05. The molecule has 0 radical (unpaired) electrons. The van der Waals surface area contributed by atoms with Gasteiger partial charge in [-0.2, -0.15) is 24.4 Å². The number of hydrogen-bond donors (Lipinski definition) is 2. The van der Waals surface area contributed by atoms with E-state index in [0.717, 1.165) is 17.9 Å². The van der Waals surface area contributed by atoms with E-state index in [1.54, 1.807) is 11.8 Å². The summed E-state index contributed by atoms with van der Waals surface area (Å²) in [6.07, 6.45) is 0.795. The van der Waals surface area contributed by atoms with Crippen molar-refractivity contribution in [3.8, 4) is 0 Å². The van der Waals surface area contributed by atoms with Crippen molar-refractivity contribution in [2.75, 3.05) is 11.5 Å². The van der Waals surface area contributed by atoms with Crippen LogP contribution in [0.4, 0.5) is 0 Å². The fourth-order valence-electron chi connectivity index (χ4n) is 1.01. The van der Waals surface area contributed by atoms with Crippen molar-refractivity contribution >= 4 is 30.4 Å². The van der Waals surface area contributed by atoms with Crippen LogP contribution in [0, 0.1) is 5.92 Å². The molecular formula is C6H10O2S2. The Bertz CT molecular complexity index is 138. The first-order valence-electron chi connectivity index (χ1n) is 3.19. The maximum atomic E-state index is 10.4. The molecule has 1 aliphatic heterocycles. The maximum absolute atomic E-state index is 10.4. The first-order valence-corrected chi connectivity index (χ1v) is 4.87. The van der Waals surface area contributed by atoms with Gasteiger partial charge in [0, 0.05) is 16.8 Å². The van der Waals surface area contributed by atoms with Crippen LogP contribution in [0.2, 0.25) is 0 Å². The lowest BCUT2D eigenvalue weighted by Crippen LogP contribution is -2.13. The van der Waals surface area contributed by atoms with Gasteiger partial charge in [0.2, 0.25) is 0 Å². The largest absolute Gasteiger partial charge is 0.481 e. The molecule has 0 aromatic heterocycles. The zero-order valence-electron chi connectivity index (χ0n) is 5.49. The minimum absolute atomic E-state index is 0.123. The molecule has 1 rings (SSSR count). The highest BCUT2D eigenvalue weighted by Crippen LogP contribution is 2.31. The highest BCUT2D eigenvalue weighted by Gasteiger charge is 2.29. The van der Waals surface area contributed by atoms with Crippen LogP contribution in [0.5, 0.6) is 0 Å². The second-order valence-corrected chi connectivity index (χ2v) is 4.11. The molecule has 58 valence electrons. The van der Waals surface area contributed by atoms with E-state index in [2.05, 4.69) is 12.6 Å². The summed E-state index contributed by atoms with van der Waals surface area (Å²) in [4.78, 5) is 10.4. The Balaban J connectivity index is 2.35. The Labute approximate surface area is 69.8 Å². The average Bonchev–Trinajstić information content (AvgIpc) is 2.34. The van der Waals surface area contributed by atoms with Crippen LogP contribution in [-0.4, -0.2) is 27.8 Å². The molecule has 1 N–H and O–H groups in total. The lowest BCUT2D eigenvalue weighted by Gasteiger charge is -2.01. The van der Waals surface area contributed by atoms with E-state index >= 15 is 0 Å². The molecule has 1 fully saturated rings. The third-order valence-electron chi connectivity index (χ3n) is 1.63. The zero-order valence-corrected chi connectivity index (χ0v) is 7.20. The van der Waals surface area contributed by atoms with Crippen molar-refractivity contribution in [3.63, 3.8) is 0 Å². The summed E-state index contributed by atoms with van der Waals surface area (Å²) in [5.41, 5.74) is 0. The number of thioether (sulfide) groups is 1. The summed E-state index contributed by atoms with van der Waals surface area (Å²) in [7, 11) is 0. The van der Waals surface area contributed by atoms with E-state index in [9.17, 15) is 4.79 Å². The van der Waals surface area contributed by atoms with Gasteiger partial charge in [0.15, 0.2) is 0 Å². The van der Waals surface area contributed by atoms with Crippen molar-refractivity contribution < 1.29 is 9.90 Å². The minimum Gasteiger partial charge on any atom is -0.481 e. The highest BCUT2D eigenvalue weighted by atomic mass is 32.2. The molecule has 2 atom stereocenters. The zero-order chi connectivity index (χ0) is 7.56. The molecule has 1 heterocycles. The second kappa shape index (κ2) is 3.53. The fourth-order valence-corrected chi connectivity index (χ4v) is 2.73. The van der Waals surface area contributed by atoms with Crippen molar-refractivity contribution in [1.29, 1.82) is 0 Å². The van der Waals surface area contributed by atoms with Gasteiger partial charge in [-0.15, -0.1) is 0 Å². The SMILES string of the molecule is O=C(O)[C@@H]1CS[C@H](CS)C1. The molecule has 0 amide bonds. The molecule has 0 bridgehead atoms. The van der Waals surface area contributed by atoms with Gasteiger partial charge in [-0.05, 0) is 6.42 Å². The van der Waals surface area contributed by atoms with Crippen LogP contribution < -0.4 is 0 Å². The molecule has 0 unspecified atom stereocenters. The van der Waals surface area contributed by atoms with E-state index in [-0.39, 0.29) is 5.92 Å². The quantitative estimate of drug-likeness (QED) is 0.622. The van der Waals surface area contributed by atoms with Crippen LogP contribution >= 0.6 is 24.4 Å². The van der Waals surface area contributed by atoms with E-state index in [1.165, 1.54) is 0 Å². The first kappa shape index (κ1) is 8.27. The third-order valence-corrected chi connectivity index (χ3v) is 3.75. The van der Waals surface area contributed by atoms with Crippen molar-refractivity contribution in [1.82, 2.24) is 0 Å². The van der Waals surface area contributed by atoms with E-state index < -0.39 is 5.97 Å². The second-order valence-electron chi connectivity index (χ2n) is 2.41. The summed E-state index contributed by atoms with van der Waals surface area (Å²) in [6, 6.07) is 0. The molecule has 1 aliphatic rings. The fraction of sp³-hybridized carbons (Fsp3) is 0.833. The first-order chi connectivity index (χ1) is 4.74. The molecule has 10 heavy (non-hydrogen) atoms. The maximum Gasteiger partial charge on any atom is 0.307 e. The molecule has 0 aromatic carbocycles. The predicted octanol–water partition coefficient (Wildman–Crippen LogP) is 1.12. The number of thiol groups is 1. The lowest BCUT2D eigenvalue weighted by molar-refractivity contribution is -0.140. The lowest BCUT2D eigenvalue weighted by atomic mass is 10.1. The molecule has 0 spiro atoms. The van der Waals surface area contributed by atoms with Crippen LogP contribution in [0.15, 0.2) is 0 Å². The Morgan fingerprint density at radius 1 is 1.80 bits per heavy atom. The summed E-state index contributed by atoms with van der Waals surface area (Å²) < 4.78 is 0. The topological polar surface area (TPSA) is 37.3 Å². The van der Waals surface area contributed by atoms with Crippen molar-refractivity contribution in [2.24, 2.45) is 5.92 Å². The van der Waals surface area contributed by atoms with Crippen LogP contribution in [0.3, 0.4) is 0 Å². The molecule has 0 aliphatic carbocycles. The smallest absolute Gasteiger partial charge is 0.307 e. The highest BCUT2D eigenvalue weighted by molar-refractivity contribution is 8.00. The average molecular weight is 178 g/mol. The Morgan fingerprint density at radius 2 is 2.50 bits per heavy atom. The number of carboxylic acids is 1. The number of rotatable bonds is 2. The summed E-state index contributed by atoms with van der Waals surface area (Å²) in [6.45, 7) is 0. The van der Waals surface area contributed by atoms with Gasteiger partial charge >= 0.3 is 5.97 Å². The normalized spacial score (nSPS) is 32.5. The summed E-state index contributed by atoms with van der Waals surface area (Å²) >= 11 is 5.83. The molecule has 0 aromatic rings. The van der Waals surface area contributed by atoms with Gasteiger partial charge in [-0.25, -0.2) is 0 Å². The van der Waals surface area contributed by atoms with Crippen molar-refractivity contribution in [3.05, 3.63) is 0 Å². The number of carbonyl (C=O) groups is 1. The van der Waals surface area contributed by atoms with Gasteiger partial charge in [0.1, 0.15) is 0 Å². The van der Waals surface area contributed by atoms with E-state index in [0.29, 0.717) is 5.25 Å². The van der Waals surface area contributed by atoms with Gasteiger partial charge < -0.3 is 5.11 Å². The monoisotopic (exact) mass is 178 g/mol. The minimum atomic E-state index is -0.656. The Kier molecular flexibility index (Phi) is 2.92. The van der Waals surface area contributed by atoms with Crippen LogP contribution in [0.25, 0.3) is 0 Å². The number of hydrogen-bond acceptors (Lipinski definition) is 3. The standard InChI is InChI=1S/C6H10O2S2/c7-6(8)4-1-5(2-9)10-3-4/h4-5,9H,1-3H2,(H,7,8)/t4-,5-/m0/s1. The molecule has 0 saturated carbocycles. The van der Waals surface area contributed by atoms with Crippen LogP contribution in [-0.2, 0) is 4.79 Å². The summed E-state index contributed by atoms with van der Waals surface area (Å²) in [5.74, 6) is 0.786. The van der Waals surface area contributed by atoms with Gasteiger partial charge in [0.05, 0.1) is 5.92 Å². The van der Waals surface area contributed by atoms with Gasteiger partial charge in [0.25, 0.3) is 0 Å². The number of aliphatic carboxylic acids is 1. The van der Waals surface area contributed by atoms with Crippen LogP contribution in [0.1, 0.15) is 6.42 Å². The van der Waals surface area contributed by atoms with E-state index in [4.69, 9.17) is 5.11 Å². The molecule has 4 heteroatoms. The third kappa shape index (κ3) is 1.83. The molecule has 1 saturated heterocycles. The Hall–Kier alpha value is 0.170. The molecule has 2 nitrogen and oxygen atoms in total. The molecular weight excluding hydrogens is 168 g/mol. The predicted molar refractivity (Wildman–Crippen MR) is 45.8 cm³/mol. The van der Waals surface area contributed by atoms with Gasteiger partial charge in [-0.1, -0.05) is 0 Å². The van der Waals surface area contributed by atoms with Crippen molar-refractivity contribution in [2.45, 2.75) is 11.7 Å². The van der Waals surface area contributed by atoms with E-state index in [1.807, 2.05) is 0 Å². The Morgan fingerprint density at radius 3 is 2.80 bits per heavy atom. The van der Waals surface area contributed by atoms with Gasteiger partial charge in [-0.3, -0.25) is 4.79 Å². The number of carboxylic acid groups (broad SMARTS) is 1.